The number of fused-ring (bicyclic) bond motifs is 4. The van der Waals surface area contributed by atoms with Crippen LogP contribution in [0.4, 0.5) is 11.4 Å². The second-order valence-electron chi connectivity index (χ2n) is 10.0. The van der Waals surface area contributed by atoms with E-state index in [0.29, 0.717) is 0 Å². The average Bonchev–Trinajstić information content (AvgIpc) is 3.02. The highest BCUT2D eigenvalue weighted by Crippen LogP contribution is 2.36. The monoisotopic (exact) mass is 545 g/mol. The lowest BCUT2D eigenvalue weighted by Crippen LogP contribution is -2.21. The first-order chi connectivity index (χ1) is 20.3. The Bertz CT molecular complexity index is 1690. The van der Waals surface area contributed by atoms with Gasteiger partial charge < -0.3 is 25.4 Å². The first-order valence-electron chi connectivity index (χ1n) is 14.2. The van der Waals surface area contributed by atoms with Crippen molar-refractivity contribution in [2.75, 3.05) is 51.0 Å². The molecular weight excluding hydrogens is 510 g/mol. The van der Waals surface area contributed by atoms with E-state index >= 15 is 0 Å². The fourth-order valence-electron chi connectivity index (χ4n) is 5.46. The molecule has 0 spiro atoms. The van der Waals surface area contributed by atoms with E-state index in [1.807, 2.05) is 36.4 Å². The number of nitrogens with zero attached hydrogens (tertiary/aromatic N) is 2. The molecule has 0 atom stereocenters. The molecule has 0 saturated carbocycles. The maximum Gasteiger partial charge on any atom is 0.145 e. The van der Waals surface area contributed by atoms with Crippen LogP contribution < -0.4 is 25.4 Å². The Morgan fingerprint density at radius 3 is 1.41 bits per heavy atom. The van der Waals surface area contributed by atoms with Gasteiger partial charge in [-0.2, -0.15) is 0 Å². The zero-order chi connectivity index (χ0) is 28.0. The van der Waals surface area contributed by atoms with Crippen LogP contribution in [0.5, 0.6) is 11.5 Å². The summed E-state index contributed by atoms with van der Waals surface area (Å²) in [6.45, 7) is 3.61. The zero-order valence-electron chi connectivity index (χ0n) is 23.5. The van der Waals surface area contributed by atoms with E-state index in [-0.39, 0.29) is 0 Å². The van der Waals surface area contributed by atoms with Gasteiger partial charge in [0.1, 0.15) is 22.5 Å². The molecule has 7 nitrogen and oxygen atoms in total. The summed E-state index contributed by atoms with van der Waals surface area (Å²) in [7, 11) is 3.39. The summed E-state index contributed by atoms with van der Waals surface area (Å²) < 4.78 is 11.2. The Labute approximate surface area is 239 Å². The smallest absolute Gasteiger partial charge is 0.145 e. The van der Waals surface area contributed by atoms with E-state index in [2.05, 4.69) is 64.5 Å². The highest BCUT2D eigenvalue weighted by Gasteiger charge is 2.13. The molecule has 2 heterocycles. The molecule has 7 heteroatoms. The lowest BCUT2D eigenvalue weighted by Gasteiger charge is -2.15. The number of rotatable bonds is 12. The molecular formula is C34H35N5O2. The van der Waals surface area contributed by atoms with Crippen LogP contribution in [-0.2, 0) is 0 Å². The lowest BCUT2D eigenvalue weighted by molar-refractivity contribution is 0.419. The summed E-state index contributed by atoms with van der Waals surface area (Å²) in [5, 5.41) is 15.4. The minimum Gasteiger partial charge on any atom is -0.494 e. The summed E-state index contributed by atoms with van der Waals surface area (Å²) in [4.78, 5) is 9.73. The highest BCUT2D eigenvalue weighted by molar-refractivity contribution is 6.10. The summed E-state index contributed by atoms with van der Waals surface area (Å²) in [6, 6.07) is 28.7. The van der Waals surface area contributed by atoms with Gasteiger partial charge in [0, 0.05) is 34.6 Å². The van der Waals surface area contributed by atoms with E-state index in [9.17, 15) is 0 Å². The largest absolute Gasteiger partial charge is 0.494 e. The molecule has 41 heavy (non-hydrogen) atoms. The molecule has 0 radical (unpaired) electrons. The van der Waals surface area contributed by atoms with Gasteiger partial charge in [-0.15, -0.1) is 0 Å². The minimum absolute atomic E-state index is 0.790. The van der Waals surface area contributed by atoms with Crippen molar-refractivity contribution >= 4 is 55.0 Å². The number of hydrogen-bond donors (Lipinski definition) is 3. The molecule has 0 aliphatic carbocycles. The summed E-state index contributed by atoms with van der Waals surface area (Å²) in [6.07, 6.45) is 2.02. The van der Waals surface area contributed by atoms with Gasteiger partial charge in [0.05, 0.1) is 36.6 Å². The normalized spacial score (nSPS) is 11.4. The van der Waals surface area contributed by atoms with Crippen LogP contribution in [0.3, 0.4) is 0 Å². The second-order valence-corrected chi connectivity index (χ2v) is 10.0. The predicted octanol–water partition coefficient (Wildman–Crippen LogP) is 7.00. The first-order valence-corrected chi connectivity index (χ1v) is 14.2. The Kier molecular flexibility index (Phi) is 7.96. The molecule has 4 aromatic carbocycles. The Morgan fingerprint density at radius 2 is 0.951 bits per heavy atom. The van der Waals surface area contributed by atoms with E-state index in [1.165, 1.54) is 0 Å². The van der Waals surface area contributed by atoms with Crippen molar-refractivity contribution < 1.29 is 9.47 Å². The Morgan fingerprint density at radius 1 is 0.512 bits per heavy atom. The van der Waals surface area contributed by atoms with E-state index in [4.69, 9.17) is 19.4 Å². The third kappa shape index (κ3) is 5.41. The van der Waals surface area contributed by atoms with Gasteiger partial charge in [-0.3, -0.25) is 0 Å². The van der Waals surface area contributed by atoms with Gasteiger partial charge in [-0.1, -0.05) is 60.7 Å². The SMILES string of the molecule is COc1cccc2c(NCCCNCCCNc3c4ccccc4nc4c(OC)cccc34)c3ccccc3nc12. The minimum atomic E-state index is 0.790. The zero-order valence-corrected chi connectivity index (χ0v) is 23.5. The van der Waals surface area contributed by atoms with Gasteiger partial charge in [-0.25, -0.2) is 9.97 Å². The molecule has 0 saturated heterocycles. The third-order valence-electron chi connectivity index (χ3n) is 7.45. The van der Waals surface area contributed by atoms with Crippen molar-refractivity contribution in [2.45, 2.75) is 12.8 Å². The number of para-hydroxylation sites is 4. The van der Waals surface area contributed by atoms with Gasteiger partial charge in [0.15, 0.2) is 0 Å². The molecule has 6 aromatic rings. The lowest BCUT2D eigenvalue weighted by atomic mass is 10.1. The molecule has 0 bridgehead atoms. The maximum atomic E-state index is 5.59. The number of nitrogens with one attached hydrogen (secondary N) is 3. The van der Waals surface area contributed by atoms with Gasteiger partial charge in [-0.05, 0) is 50.2 Å². The number of anilines is 2. The van der Waals surface area contributed by atoms with E-state index in [1.54, 1.807) is 14.2 Å². The molecule has 6 rings (SSSR count). The molecule has 208 valence electrons. The van der Waals surface area contributed by atoms with Crippen molar-refractivity contribution in [1.82, 2.24) is 15.3 Å². The van der Waals surface area contributed by atoms with Gasteiger partial charge in [0.2, 0.25) is 0 Å². The van der Waals surface area contributed by atoms with Crippen molar-refractivity contribution in [3.05, 3.63) is 84.9 Å². The first kappa shape index (κ1) is 26.6. The van der Waals surface area contributed by atoms with Crippen LogP contribution in [0.1, 0.15) is 12.8 Å². The second kappa shape index (κ2) is 12.3. The predicted molar refractivity (Wildman–Crippen MR) is 171 cm³/mol. The number of pyridine rings is 2. The number of methoxy groups -OCH3 is 2. The Hall–Kier alpha value is -4.62. The highest BCUT2D eigenvalue weighted by atomic mass is 16.5. The number of aromatic nitrogens is 2. The van der Waals surface area contributed by atoms with Crippen molar-refractivity contribution in [2.24, 2.45) is 0 Å². The molecule has 0 aliphatic heterocycles. The summed E-state index contributed by atoms with van der Waals surface area (Å²) in [5.74, 6) is 1.58. The fraction of sp³-hybridized carbons (Fsp3) is 0.235. The standard InChI is InChI=1S/C34H35N5O2/c1-40-29-17-7-13-25-31(23-11-3-5-15-27(23)38-33(25)29)36-21-9-19-35-20-10-22-37-32-24-12-4-6-16-28(24)39-34-26(32)14-8-18-30(34)41-2/h3-8,11-18,35H,9-10,19-22H2,1-2H3,(H,36,38)(H,37,39). The van der Waals surface area contributed by atoms with Gasteiger partial charge >= 0.3 is 0 Å². The van der Waals surface area contributed by atoms with Crippen LogP contribution in [0.2, 0.25) is 0 Å². The van der Waals surface area contributed by atoms with Crippen molar-refractivity contribution in [3.63, 3.8) is 0 Å². The molecule has 0 unspecified atom stereocenters. The van der Waals surface area contributed by atoms with Crippen LogP contribution >= 0.6 is 0 Å². The topological polar surface area (TPSA) is 80.3 Å². The van der Waals surface area contributed by atoms with Crippen molar-refractivity contribution in [1.29, 1.82) is 0 Å². The van der Waals surface area contributed by atoms with Gasteiger partial charge in [0.25, 0.3) is 0 Å². The molecule has 0 aliphatic rings. The molecule has 2 aromatic heterocycles. The number of benzene rings is 4. The molecule has 0 amide bonds. The Balaban J connectivity index is 1.04. The summed E-state index contributed by atoms with van der Waals surface area (Å²) >= 11 is 0. The third-order valence-corrected chi connectivity index (χ3v) is 7.45. The maximum absolute atomic E-state index is 5.59. The fourth-order valence-corrected chi connectivity index (χ4v) is 5.46. The molecule has 0 fully saturated rings. The van der Waals surface area contributed by atoms with Crippen LogP contribution in [0.25, 0.3) is 43.6 Å². The molecule has 3 N–H and O–H groups in total. The van der Waals surface area contributed by atoms with Crippen LogP contribution in [0.15, 0.2) is 84.9 Å². The van der Waals surface area contributed by atoms with Crippen molar-refractivity contribution in [3.8, 4) is 11.5 Å². The van der Waals surface area contributed by atoms with Crippen LogP contribution in [-0.4, -0.2) is 50.4 Å². The average molecular weight is 546 g/mol. The van der Waals surface area contributed by atoms with Crippen LogP contribution in [0, 0.1) is 0 Å². The van der Waals surface area contributed by atoms with E-state index in [0.717, 1.165) is 106 Å². The quantitative estimate of drug-likeness (QED) is 0.113. The number of hydrogen-bond acceptors (Lipinski definition) is 7. The summed E-state index contributed by atoms with van der Waals surface area (Å²) in [5.41, 5.74) is 5.92. The number of ether oxygens (including phenoxy) is 2. The van der Waals surface area contributed by atoms with E-state index < -0.39 is 0 Å².